The number of rotatable bonds is 2. The fraction of sp³-hybridized carbons (Fsp3) is 0.500. The number of anilines is 1. The largest absolute Gasteiger partial charge is 0.389 e. The number of carbonyl (C=O) groups is 1. The third-order valence-corrected chi connectivity index (χ3v) is 4.33. The summed E-state index contributed by atoms with van der Waals surface area (Å²) in [5.41, 5.74) is 9.58. The van der Waals surface area contributed by atoms with Crippen molar-refractivity contribution >= 4 is 28.9 Å². The Morgan fingerprint density at radius 3 is 2.95 bits per heavy atom. The van der Waals surface area contributed by atoms with E-state index >= 15 is 0 Å². The number of aryl methyl sites for hydroxylation is 2. The summed E-state index contributed by atoms with van der Waals surface area (Å²) < 4.78 is 0. The molecule has 0 spiro atoms. The second-order valence-corrected chi connectivity index (χ2v) is 6.03. The van der Waals surface area contributed by atoms with Gasteiger partial charge in [0.1, 0.15) is 4.99 Å². The maximum atomic E-state index is 11.7. The molecule has 21 heavy (non-hydrogen) atoms. The zero-order valence-corrected chi connectivity index (χ0v) is 13.0. The third kappa shape index (κ3) is 2.42. The molecule has 3 heterocycles. The molecular weight excluding hydrogens is 286 g/mol. The number of urea groups is 1. The van der Waals surface area contributed by atoms with Gasteiger partial charge >= 0.3 is 6.03 Å². The van der Waals surface area contributed by atoms with Crippen molar-refractivity contribution < 1.29 is 4.79 Å². The number of fused-ring (bicyclic) bond motifs is 1. The van der Waals surface area contributed by atoms with Crippen LogP contribution in [-0.2, 0) is 0 Å². The molecular formula is C14H19N5OS. The number of amides is 2. The van der Waals surface area contributed by atoms with Crippen LogP contribution >= 0.6 is 12.2 Å². The van der Waals surface area contributed by atoms with Gasteiger partial charge in [0.15, 0.2) is 0 Å². The highest BCUT2D eigenvalue weighted by atomic mass is 32.1. The van der Waals surface area contributed by atoms with E-state index in [2.05, 4.69) is 15.2 Å². The number of hydrogen-bond acceptors (Lipinski definition) is 4. The fourth-order valence-corrected chi connectivity index (χ4v) is 3.44. The Labute approximate surface area is 129 Å². The summed E-state index contributed by atoms with van der Waals surface area (Å²) >= 11 is 5.20. The lowest BCUT2D eigenvalue weighted by Gasteiger charge is -2.38. The standard InChI is InChI=1S/C14H19N5OS/c1-8-5-11(12(13(15)21)9(2)17-8)18-3-4-19-10(7-18)6-16-14(19)20/h5,10H,3-4,6-7H2,1-2H3,(H2,15,21)(H,16,20). The van der Waals surface area contributed by atoms with Crippen molar-refractivity contribution in [3.8, 4) is 0 Å². The molecule has 1 atom stereocenters. The predicted molar refractivity (Wildman–Crippen MR) is 85.7 cm³/mol. The van der Waals surface area contributed by atoms with Gasteiger partial charge in [0, 0.05) is 37.6 Å². The summed E-state index contributed by atoms with van der Waals surface area (Å²) in [6.07, 6.45) is 0. The average molecular weight is 305 g/mol. The molecule has 0 radical (unpaired) electrons. The van der Waals surface area contributed by atoms with Crippen molar-refractivity contribution in [2.45, 2.75) is 19.9 Å². The van der Waals surface area contributed by atoms with Crippen molar-refractivity contribution in [2.24, 2.45) is 5.73 Å². The van der Waals surface area contributed by atoms with E-state index in [9.17, 15) is 4.79 Å². The molecule has 2 fully saturated rings. The first-order chi connectivity index (χ1) is 9.97. The zero-order chi connectivity index (χ0) is 15.1. The van der Waals surface area contributed by atoms with Crippen molar-refractivity contribution in [3.63, 3.8) is 0 Å². The van der Waals surface area contributed by atoms with Crippen LogP contribution in [0.4, 0.5) is 10.5 Å². The first kappa shape index (κ1) is 14.1. The lowest BCUT2D eigenvalue weighted by atomic mass is 10.1. The Hall–Kier alpha value is -1.89. The van der Waals surface area contributed by atoms with Gasteiger partial charge in [0.2, 0.25) is 0 Å². The number of carbonyl (C=O) groups excluding carboxylic acids is 1. The number of aromatic nitrogens is 1. The van der Waals surface area contributed by atoms with Crippen molar-refractivity contribution in [3.05, 3.63) is 23.0 Å². The van der Waals surface area contributed by atoms with Crippen LogP contribution in [0, 0.1) is 13.8 Å². The number of nitrogens with zero attached hydrogens (tertiary/aromatic N) is 3. The highest BCUT2D eigenvalue weighted by Gasteiger charge is 2.36. The monoisotopic (exact) mass is 305 g/mol. The summed E-state index contributed by atoms with van der Waals surface area (Å²) in [5.74, 6) is 0. The summed E-state index contributed by atoms with van der Waals surface area (Å²) in [5, 5.41) is 2.89. The van der Waals surface area contributed by atoms with E-state index in [-0.39, 0.29) is 12.1 Å². The minimum Gasteiger partial charge on any atom is -0.389 e. The zero-order valence-electron chi connectivity index (χ0n) is 12.2. The lowest BCUT2D eigenvalue weighted by Crippen LogP contribution is -2.52. The molecule has 0 saturated carbocycles. The number of thiocarbonyl (C=S) groups is 1. The number of hydrogen-bond donors (Lipinski definition) is 2. The maximum absolute atomic E-state index is 11.7. The van der Waals surface area contributed by atoms with Crippen LogP contribution < -0.4 is 16.0 Å². The molecule has 3 N–H and O–H groups in total. The molecule has 1 aromatic rings. The number of nitrogens with two attached hydrogens (primary N) is 1. The smallest absolute Gasteiger partial charge is 0.317 e. The van der Waals surface area contributed by atoms with Gasteiger partial charge in [0.05, 0.1) is 17.3 Å². The topological polar surface area (TPSA) is 74.5 Å². The predicted octanol–water partition coefficient (Wildman–Crippen LogP) is 0.546. The van der Waals surface area contributed by atoms with E-state index in [1.54, 1.807) is 0 Å². The Kier molecular flexibility index (Phi) is 3.44. The normalized spacial score (nSPS) is 21.2. The van der Waals surface area contributed by atoms with Crippen LogP contribution in [0.2, 0.25) is 0 Å². The van der Waals surface area contributed by atoms with E-state index in [4.69, 9.17) is 18.0 Å². The summed E-state index contributed by atoms with van der Waals surface area (Å²) in [6.45, 7) is 6.88. The highest BCUT2D eigenvalue weighted by Crippen LogP contribution is 2.27. The van der Waals surface area contributed by atoms with Gasteiger partial charge in [0.25, 0.3) is 0 Å². The van der Waals surface area contributed by atoms with E-state index in [1.165, 1.54) is 0 Å². The molecule has 0 aliphatic carbocycles. The van der Waals surface area contributed by atoms with Gasteiger partial charge in [-0.05, 0) is 19.9 Å². The maximum Gasteiger partial charge on any atom is 0.317 e. The molecule has 6 nitrogen and oxygen atoms in total. The Morgan fingerprint density at radius 2 is 2.24 bits per heavy atom. The van der Waals surface area contributed by atoms with Gasteiger partial charge in [-0.25, -0.2) is 4.79 Å². The Bertz CT molecular complexity index is 618. The molecule has 7 heteroatoms. The molecule has 2 saturated heterocycles. The first-order valence-corrected chi connectivity index (χ1v) is 7.45. The average Bonchev–Trinajstić information content (AvgIpc) is 2.78. The molecule has 2 amide bonds. The molecule has 112 valence electrons. The number of piperazine rings is 1. The fourth-order valence-electron chi connectivity index (χ4n) is 3.18. The second-order valence-electron chi connectivity index (χ2n) is 5.59. The highest BCUT2D eigenvalue weighted by molar-refractivity contribution is 7.80. The number of pyridine rings is 1. The summed E-state index contributed by atoms with van der Waals surface area (Å²) in [4.78, 5) is 20.7. The Morgan fingerprint density at radius 1 is 1.48 bits per heavy atom. The van der Waals surface area contributed by atoms with E-state index < -0.39 is 0 Å². The molecule has 0 bridgehead atoms. The van der Waals surface area contributed by atoms with Crippen LogP contribution in [0.15, 0.2) is 6.07 Å². The van der Waals surface area contributed by atoms with Crippen LogP contribution in [0.25, 0.3) is 0 Å². The molecule has 2 aliphatic heterocycles. The second kappa shape index (κ2) is 5.14. The molecule has 1 unspecified atom stereocenters. The number of nitrogens with one attached hydrogen (secondary N) is 1. The first-order valence-electron chi connectivity index (χ1n) is 7.05. The summed E-state index contributed by atoms with van der Waals surface area (Å²) in [7, 11) is 0. The van der Waals surface area contributed by atoms with E-state index in [0.29, 0.717) is 18.1 Å². The summed E-state index contributed by atoms with van der Waals surface area (Å²) in [6, 6.07) is 2.27. The minimum atomic E-state index is 0.0382. The Balaban J connectivity index is 1.94. The lowest BCUT2D eigenvalue weighted by molar-refractivity contribution is 0.197. The van der Waals surface area contributed by atoms with Gasteiger partial charge in [-0.15, -0.1) is 0 Å². The van der Waals surface area contributed by atoms with Crippen LogP contribution in [0.5, 0.6) is 0 Å². The molecule has 0 aromatic carbocycles. The minimum absolute atomic E-state index is 0.0382. The molecule has 1 aromatic heterocycles. The van der Waals surface area contributed by atoms with Crippen molar-refractivity contribution in [1.29, 1.82) is 0 Å². The quantitative estimate of drug-likeness (QED) is 0.781. The van der Waals surface area contributed by atoms with E-state index in [1.807, 2.05) is 24.8 Å². The van der Waals surface area contributed by atoms with Crippen molar-refractivity contribution in [1.82, 2.24) is 15.2 Å². The van der Waals surface area contributed by atoms with Crippen LogP contribution in [-0.4, -0.2) is 53.1 Å². The van der Waals surface area contributed by atoms with Gasteiger partial charge in [-0.2, -0.15) is 0 Å². The SMILES string of the molecule is Cc1cc(N2CCN3C(=O)NCC3C2)c(C(N)=S)c(C)n1. The van der Waals surface area contributed by atoms with Crippen molar-refractivity contribution in [2.75, 3.05) is 31.1 Å². The third-order valence-electron chi connectivity index (χ3n) is 4.13. The molecule has 2 aliphatic rings. The van der Waals surface area contributed by atoms with Gasteiger partial charge in [-0.1, -0.05) is 12.2 Å². The van der Waals surface area contributed by atoms with Crippen LogP contribution in [0.1, 0.15) is 17.0 Å². The van der Waals surface area contributed by atoms with E-state index in [0.717, 1.165) is 35.7 Å². The van der Waals surface area contributed by atoms with Crippen LogP contribution in [0.3, 0.4) is 0 Å². The van der Waals surface area contributed by atoms with Gasteiger partial charge < -0.3 is 20.9 Å². The molecule has 3 rings (SSSR count). The van der Waals surface area contributed by atoms with Gasteiger partial charge in [-0.3, -0.25) is 4.98 Å².